The highest BCUT2D eigenvalue weighted by molar-refractivity contribution is 5.47. The molecule has 0 saturated carbocycles. The second-order valence-electron chi connectivity index (χ2n) is 5.20. The molecule has 1 aliphatic heterocycles. The van der Waals surface area contributed by atoms with E-state index in [-0.39, 0.29) is 6.61 Å². The number of nitrogens with zero attached hydrogens (tertiary/aromatic N) is 1. The Hall–Kier alpha value is -1.26. The Morgan fingerprint density at radius 3 is 3.05 bits per heavy atom. The van der Waals surface area contributed by atoms with Crippen LogP contribution in [0.2, 0.25) is 0 Å². The molecule has 1 saturated heterocycles. The third kappa shape index (κ3) is 3.61. The molecule has 1 aliphatic rings. The molecule has 0 aromatic heterocycles. The number of anilines is 1. The van der Waals surface area contributed by atoms with Gasteiger partial charge < -0.3 is 15.6 Å². The van der Waals surface area contributed by atoms with Gasteiger partial charge in [0.25, 0.3) is 0 Å². The van der Waals surface area contributed by atoms with Crippen molar-refractivity contribution in [3.05, 3.63) is 23.8 Å². The highest BCUT2D eigenvalue weighted by Gasteiger charge is 2.24. The van der Waals surface area contributed by atoms with Crippen molar-refractivity contribution in [3.8, 4) is 5.75 Å². The lowest BCUT2D eigenvalue weighted by atomic mass is 10.1. The van der Waals surface area contributed by atoms with Gasteiger partial charge in [-0.1, -0.05) is 0 Å². The lowest BCUT2D eigenvalue weighted by molar-refractivity contribution is 0.208. The zero-order valence-electron chi connectivity index (χ0n) is 11.6. The van der Waals surface area contributed by atoms with Gasteiger partial charge in [0.1, 0.15) is 5.75 Å². The van der Waals surface area contributed by atoms with Gasteiger partial charge in [0.05, 0.1) is 7.11 Å². The molecule has 0 spiro atoms. The van der Waals surface area contributed by atoms with Gasteiger partial charge in [-0.3, -0.25) is 4.90 Å². The van der Waals surface area contributed by atoms with Crippen LogP contribution in [0.25, 0.3) is 0 Å². The predicted molar refractivity (Wildman–Crippen MR) is 77.2 cm³/mol. The molecule has 0 amide bonds. The number of nitrogen functional groups attached to an aromatic ring is 1. The number of hydrogen-bond acceptors (Lipinski definition) is 4. The van der Waals surface area contributed by atoms with Crippen LogP contribution in [-0.2, 0) is 6.54 Å². The average Bonchev–Trinajstić information content (AvgIpc) is 2.84. The predicted octanol–water partition coefficient (Wildman–Crippen LogP) is 2.01. The second-order valence-corrected chi connectivity index (χ2v) is 5.20. The Kier molecular flexibility index (Phi) is 5.05. The molecule has 1 unspecified atom stereocenters. The molecular formula is C15H24N2O2. The van der Waals surface area contributed by atoms with Crippen LogP contribution in [0.3, 0.4) is 0 Å². The molecule has 2 rings (SSSR count). The van der Waals surface area contributed by atoms with Crippen LogP contribution in [0.1, 0.15) is 31.2 Å². The molecule has 0 radical (unpaired) electrons. The Morgan fingerprint density at radius 2 is 2.32 bits per heavy atom. The minimum atomic E-state index is 0.284. The van der Waals surface area contributed by atoms with Crippen LogP contribution < -0.4 is 10.5 Å². The third-order valence-electron chi connectivity index (χ3n) is 3.87. The number of rotatable bonds is 6. The number of aliphatic hydroxyl groups excluding tert-OH is 1. The minimum Gasteiger partial charge on any atom is -0.496 e. The first-order chi connectivity index (χ1) is 9.24. The minimum absolute atomic E-state index is 0.284. The van der Waals surface area contributed by atoms with Gasteiger partial charge in [-0.15, -0.1) is 0 Å². The largest absolute Gasteiger partial charge is 0.496 e. The summed E-state index contributed by atoms with van der Waals surface area (Å²) in [6, 6.07) is 6.39. The van der Waals surface area contributed by atoms with Crippen molar-refractivity contribution in [2.45, 2.75) is 38.3 Å². The molecule has 1 fully saturated rings. The van der Waals surface area contributed by atoms with E-state index in [2.05, 4.69) is 4.90 Å². The van der Waals surface area contributed by atoms with Crippen molar-refractivity contribution >= 4 is 5.69 Å². The molecule has 106 valence electrons. The smallest absolute Gasteiger partial charge is 0.123 e. The fourth-order valence-electron chi connectivity index (χ4n) is 2.90. The maximum atomic E-state index is 8.97. The molecule has 0 bridgehead atoms. The van der Waals surface area contributed by atoms with E-state index in [1.165, 1.54) is 12.8 Å². The summed E-state index contributed by atoms with van der Waals surface area (Å²) in [5.41, 5.74) is 7.80. The van der Waals surface area contributed by atoms with E-state index in [0.717, 1.165) is 42.9 Å². The maximum Gasteiger partial charge on any atom is 0.123 e. The van der Waals surface area contributed by atoms with Crippen LogP contribution in [-0.4, -0.2) is 36.3 Å². The van der Waals surface area contributed by atoms with E-state index in [9.17, 15) is 0 Å². The van der Waals surface area contributed by atoms with Crippen LogP contribution in [0.15, 0.2) is 18.2 Å². The van der Waals surface area contributed by atoms with Crippen molar-refractivity contribution in [1.29, 1.82) is 0 Å². The van der Waals surface area contributed by atoms with Gasteiger partial charge in [-0.2, -0.15) is 0 Å². The Balaban J connectivity index is 2.05. The molecule has 1 heterocycles. The summed E-state index contributed by atoms with van der Waals surface area (Å²) in [6.45, 7) is 2.28. The molecule has 0 aliphatic carbocycles. The van der Waals surface area contributed by atoms with Gasteiger partial charge in [0.2, 0.25) is 0 Å². The highest BCUT2D eigenvalue weighted by Crippen LogP contribution is 2.28. The zero-order chi connectivity index (χ0) is 13.7. The van der Waals surface area contributed by atoms with E-state index in [1.807, 2.05) is 18.2 Å². The standard InChI is InChI=1S/C15H24N2O2/c1-19-15-7-6-13(16)10-12(15)11-17-8-2-4-14(17)5-3-9-18/h6-7,10,14,18H,2-5,8-9,11,16H2,1H3. The van der Waals surface area contributed by atoms with Gasteiger partial charge >= 0.3 is 0 Å². The normalized spacial score (nSPS) is 19.8. The van der Waals surface area contributed by atoms with Gasteiger partial charge in [-0.25, -0.2) is 0 Å². The van der Waals surface area contributed by atoms with Gasteiger partial charge in [0, 0.05) is 30.4 Å². The number of ether oxygens (including phenoxy) is 1. The molecule has 3 N–H and O–H groups in total. The molecular weight excluding hydrogens is 240 g/mol. The number of methoxy groups -OCH3 is 1. The van der Waals surface area contributed by atoms with E-state index < -0.39 is 0 Å². The fraction of sp³-hybridized carbons (Fsp3) is 0.600. The molecule has 1 aromatic rings. The summed E-state index contributed by atoms with van der Waals surface area (Å²) < 4.78 is 5.40. The number of benzene rings is 1. The second kappa shape index (κ2) is 6.78. The first-order valence-corrected chi connectivity index (χ1v) is 7.02. The number of hydrogen-bond donors (Lipinski definition) is 2. The van der Waals surface area contributed by atoms with Crippen molar-refractivity contribution in [2.24, 2.45) is 0 Å². The third-order valence-corrected chi connectivity index (χ3v) is 3.87. The van der Waals surface area contributed by atoms with Gasteiger partial charge in [-0.05, 0) is 50.4 Å². The molecule has 4 heteroatoms. The highest BCUT2D eigenvalue weighted by atomic mass is 16.5. The number of likely N-dealkylation sites (tertiary alicyclic amines) is 1. The Bertz CT molecular complexity index is 409. The van der Waals surface area contributed by atoms with Crippen molar-refractivity contribution in [2.75, 3.05) is 26.0 Å². The monoisotopic (exact) mass is 264 g/mol. The van der Waals surface area contributed by atoms with Crippen molar-refractivity contribution in [1.82, 2.24) is 4.90 Å². The summed E-state index contributed by atoms with van der Waals surface area (Å²) in [5.74, 6) is 0.905. The topological polar surface area (TPSA) is 58.7 Å². The maximum absolute atomic E-state index is 8.97. The first kappa shape index (κ1) is 14.2. The summed E-state index contributed by atoms with van der Waals surface area (Å²) in [7, 11) is 1.70. The SMILES string of the molecule is COc1ccc(N)cc1CN1CCCC1CCCO. The fourth-order valence-corrected chi connectivity index (χ4v) is 2.90. The van der Waals surface area contributed by atoms with Crippen LogP contribution in [0, 0.1) is 0 Å². The van der Waals surface area contributed by atoms with Crippen molar-refractivity contribution < 1.29 is 9.84 Å². The Labute approximate surface area is 115 Å². The van der Waals surface area contributed by atoms with E-state index >= 15 is 0 Å². The first-order valence-electron chi connectivity index (χ1n) is 7.02. The number of nitrogens with two attached hydrogens (primary N) is 1. The van der Waals surface area contributed by atoms with E-state index in [1.54, 1.807) is 7.11 Å². The average molecular weight is 264 g/mol. The molecule has 1 aromatic carbocycles. The van der Waals surface area contributed by atoms with E-state index in [0.29, 0.717) is 6.04 Å². The van der Waals surface area contributed by atoms with Crippen LogP contribution in [0.5, 0.6) is 5.75 Å². The summed E-state index contributed by atoms with van der Waals surface area (Å²) in [6.07, 6.45) is 4.42. The quantitative estimate of drug-likeness (QED) is 0.772. The summed E-state index contributed by atoms with van der Waals surface area (Å²) >= 11 is 0. The lowest BCUT2D eigenvalue weighted by Gasteiger charge is -2.25. The van der Waals surface area contributed by atoms with Gasteiger partial charge in [0.15, 0.2) is 0 Å². The van der Waals surface area contributed by atoms with Crippen LogP contribution >= 0.6 is 0 Å². The summed E-state index contributed by atoms with van der Waals surface area (Å²) in [5, 5.41) is 8.97. The van der Waals surface area contributed by atoms with Crippen molar-refractivity contribution in [3.63, 3.8) is 0 Å². The van der Waals surface area contributed by atoms with E-state index in [4.69, 9.17) is 15.6 Å². The number of aliphatic hydroxyl groups is 1. The molecule has 1 atom stereocenters. The molecule has 4 nitrogen and oxygen atoms in total. The summed E-state index contributed by atoms with van der Waals surface area (Å²) in [4.78, 5) is 2.48. The Morgan fingerprint density at radius 1 is 1.47 bits per heavy atom. The molecule has 19 heavy (non-hydrogen) atoms. The lowest BCUT2D eigenvalue weighted by Crippen LogP contribution is -2.29. The zero-order valence-corrected chi connectivity index (χ0v) is 11.6. The van der Waals surface area contributed by atoms with Crippen LogP contribution in [0.4, 0.5) is 5.69 Å².